The average molecular weight is 289 g/mol. The van der Waals surface area contributed by atoms with E-state index < -0.39 is 0 Å². The molecule has 1 heterocycles. The summed E-state index contributed by atoms with van der Waals surface area (Å²) in [6.07, 6.45) is 2.77. The number of nitrogens with one attached hydrogen (secondary N) is 1. The molecule has 2 rings (SSSR count). The fourth-order valence-corrected chi connectivity index (χ4v) is 3.01. The van der Waals surface area contributed by atoms with E-state index in [0.29, 0.717) is 19.1 Å². The number of nitrogens with zero attached hydrogens (tertiary/aromatic N) is 1. The van der Waals surface area contributed by atoms with Crippen molar-refractivity contribution in [3.05, 3.63) is 35.9 Å². The standard InChI is InChI=1S/C17H27N3O/c1-14-13-16(7-10-19-14)17(21)20(12-9-18)11-8-15-5-3-2-4-6-15/h2-6,14,16,19H,7-13,18H2,1H3/t14-,16-/m0/s1. The van der Waals surface area contributed by atoms with Crippen LogP contribution in [0.3, 0.4) is 0 Å². The number of nitrogens with two attached hydrogens (primary N) is 1. The Labute approximate surface area is 127 Å². The van der Waals surface area contributed by atoms with E-state index in [-0.39, 0.29) is 11.8 Å². The van der Waals surface area contributed by atoms with Crippen LogP contribution in [0.4, 0.5) is 0 Å². The minimum absolute atomic E-state index is 0.156. The normalized spacial score (nSPS) is 22.0. The fourth-order valence-electron chi connectivity index (χ4n) is 3.01. The molecule has 0 bridgehead atoms. The quantitative estimate of drug-likeness (QED) is 0.832. The summed E-state index contributed by atoms with van der Waals surface area (Å²) in [6, 6.07) is 10.7. The van der Waals surface area contributed by atoms with Crippen LogP contribution in [0.5, 0.6) is 0 Å². The molecule has 0 aromatic heterocycles. The first-order valence-electron chi connectivity index (χ1n) is 7.97. The maximum atomic E-state index is 12.7. The van der Waals surface area contributed by atoms with E-state index in [0.717, 1.165) is 32.4 Å². The molecule has 0 aliphatic carbocycles. The summed E-state index contributed by atoms with van der Waals surface area (Å²) >= 11 is 0. The lowest BCUT2D eigenvalue weighted by molar-refractivity contribution is -0.136. The van der Waals surface area contributed by atoms with Gasteiger partial charge in [-0.05, 0) is 38.3 Å². The predicted molar refractivity (Wildman–Crippen MR) is 86.0 cm³/mol. The maximum absolute atomic E-state index is 12.7. The lowest BCUT2D eigenvalue weighted by Gasteiger charge is -2.32. The van der Waals surface area contributed by atoms with Gasteiger partial charge in [0.2, 0.25) is 5.91 Å². The summed E-state index contributed by atoms with van der Waals surface area (Å²) in [5, 5.41) is 3.40. The van der Waals surface area contributed by atoms with Gasteiger partial charge in [-0.25, -0.2) is 0 Å². The van der Waals surface area contributed by atoms with Gasteiger partial charge in [-0.3, -0.25) is 4.79 Å². The third kappa shape index (κ3) is 4.83. The summed E-state index contributed by atoms with van der Waals surface area (Å²) in [7, 11) is 0. The van der Waals surface area contributed by atoms with Crippen molar-refractivity contribution >= 4 is 5.91 Å². The number of piperidine rings is 1. The van der Waals surface area contributed by atoms with E-state index >= 15 is 0 Å². The van der Waals surface area contributed by atoms with Gasteiger partial charge in [0.05, 0.1) is 0 Å². The smallest absolute Gasteiger partial charge is 0.225 e. The van der Waals surface area contributed by atoms with E-state index in [1.807, 2.05) is 23.1 Å². The molecule has 0 radical (unpaired) electrons. The van der Waals surface area contributed by atoms with Crippen molar-refractivity contribution < 1.29 is 4.79 Å². The molecule has 4 nitrogen and oxygen atoms in total. The van der Waals surface area contributed by atoms with Crippen LogP contribution in [0, 0.1) is 5.92 Å². The minimum atomic E-state index is 0.156. The molecule has 2 atom stereocenters. The van der Waals surface area contributed by atoms with Crippen molar-refractivity contribution in [3.63, 3.8) is 0 Å². The second kappa shape index (κ2) is 8.15. The zero-order valence-electron chi connectivity index (χ0n) is 12.9. The summed E-state index contributed by atoms with van der Waals surface area (Å²) in [5.41, 5.74) is 6.96. The number of hydrogen-bond donors (Lipinski definition) is 2. The van der Waals surface area contributed by atoms with Crippen molar-refractivity contribution in [1.82, 2.24) is 10.2 Å². The highest BCUT2D eigenvalue weighted by Crippen LogP contribution is 2.19. The second-order valence-electron chi connectivity index (χ2n) is 5.93. The zero-order valence-corrected chi connectivity index (χ0v) is 12.9. The summed E-state index contributed by atoms with van der Waals surface area (Å²) in [4.78, 5) is 14.7. The van der Waals surface area contributed by atoms with Gasteiger partial charge in [0, 0.05) is 31.6 Å². The molecule has 1 fully saturated rings. The number of rotatable bonds is 6. The number of benzene rings is 1. The van der Waals surface area contributed by atoms with Crippen LogP contribution in [0.15, 0.2) is 30.3 Å². The Morgan fingerprint density at radius 2 is 2.10 bits per heavy atom. The number of amides is 1. The third-order valence-electron chi connectivity index (χ3n) is 4.20. The van der Waals surface area contributed by atoms with Gasteiger partial charge in [0.1, 0.15) is 0 Å². The Bertz CT molecular complexity index is 435. The van der Waals surface area contributed by atoms with E-state index in [2.05, 4.69) is 24.4 Å². The average Bonchev–Trinajstić information content (AvgIpc) is 2.52. The van der Waals surface area contributed by atoms with Crippen LogP contribution in [0.2, 0.25) is 0 Å². The predicted octanol–water partition coefficient (Wildman–Crippen LogP) is 1.40. The molecule has 116 valence electrons. The van der Waals surface area contributed by atoms with Crippen molar-refractivity contribution in [3.8, 4) is 0 Å². The third-order valence-corrected chi connectivity index (χ3v) is 4.20. The molecule has 0 saturated carbocycles. The first-order valence-corrected chi connectivity index (χ1v) is 7.97. The molecule has 1 amide bonds. The first kappa shape index (κ1) is 16.0. The van der Waals surface area contributed by atoms with Crippen molar-refractivity contribution in [2.75, 3.05) is 26.2 Å². The highest BCUT2D eigenvalue weighted by atomic mass is 16.2. The summed E-state index contributed by atoms with van der Waals surface area (Å²) in [5.74, 6) is 0.438. The molecule has 1 aromatic carbocycles. The number of carbonyl (C=O) groups excluding carboxylic acids is 1. The van der Waals surface area contributed by atoms with E-state index in [4.69, 9.17) is 5.73 Å². The molecule has 3 N–H and O–H groups in total. The van der Waals surface area contributed by atoms with Crippen LogP contribution in [-0.2, 0) is 11.2 Å². The van der Waals surface area contributed by atoms with Gasteiger partial charge >= 0.3 is 0 Å². The zero-order chi connectivity index (χ0) is 15.1. The number of carbonyl (C=O) groups is 1. The van der Waals surface area contributed by atoms with Gasteiger partial charge in [-0.15, -0.1) is 0 Å². The number of hydrogen-bond acceptors (Lipinski definition) is 3. The SMILES string of the molecule is C[C@H]1C[C@@H](C(=O)N(CCN)CCc2ccccc2)CCN1. The second-order valence-corrected chi connectivity index (χ2v) is 5.93. The van der Waals surface area contributed by atoms with E-state index in [1.165, 1.54) is 5.56 Å². The Morgan fingerprint density at radius 1 is 1.33 bits per heavy atom. The summed E-state index contributed by atoms with van der Waals surface area (Å²) in [6.45, 7) is 5.03. The lowest BCUT2D eigenvalue weighted by atomic mass is 9.92. The highest BCUT2D eigenvalue weighted by molar-refractivity contribution is 5.79. The van der Waals surface area contributed by atoms with Gasteiger partial charge < -0.3 is 16.0 Å². The molecule has 1 aromatic rings. The van der Waals surface area contributed by atoms with Gasteiger partial charge in [-0.1, -0.05) is 30.3 Å². The fraction of sp³-hybridized carbons (Fsp3) is 0.588. The largest absolute Gasteiger partial charge is 0.341 e. The molecule has 0 spiro atoms. The Balaban J connectivity index is 1.92. The molecule has 1 saturated heterocycles. The van der Waals surface area contributed by atoms with Crippen LogP contribution >= 0.6 is 0 Å². The lowest BCUT2D eigenvalue weighted by Crippen LogP contribution is -2.46. The molecular formula is C17H27N3O. The molecular weight excluding hydrogens is 262 g/mol. The van der Waals surface area contributed by atoms with E-state index in [1.54, 1.807) is 0 Å². The molecule has 1 aliphatic heterocycles. The molecule has 0 unspecified atom stereocenters. The maximum Gasteiger partial charge on any atom is 0.225 e. The van der Waals surface area contributed by atoms with Crippen molar-refractivity contribution in [2.45, 2.75) is 32.2 Å². The van der Waals surface area contributed by atoms with Crippen molar-refractivity contribution in [2.24, 2.45) is 11.7 Å². The van der Waals surface area contributed by atoms with Gasteiger partial charge in [0.25, 0.3) is 0 Å². The Hall–Kier alpha value is -1.39. The Morgan fingerprint density at radius 3 is 2.76 bits per heavy atom. The van der Waals surface area contributed by atoms with Gasteiger partial charge in [0.15, 0.2) is 0 Å². The van der Waals surface area contributed by atoms with Gasteiger partial charge in [-0.2, -0.15) is 0 Å². The minimum Gasteiger partial charge on any atom is -0.341 e. The van der Waals surface area contributed by atoms with Crippen LogP contribution in [0.1, 0.15) is 25.3 Å². The Kier molecular flexibility index (Phi) is 6.21. The monoisotopic (exact) mass is 289 g/mol. The van der Waals surface area contributed by atoms with Crippen LogP contribution in [-0.4, -0.2) is 43.0 Å². The van der Waals surface area contributed by atoms with Crippen LogP contribution < -0.4 is 11.1 Å². The first-order chi connectivity index (χ1) is 10.2. The highest BCUT2D eigenvalue weighted by Gasteiger charge is 2.28. The van der Waals surface area contributed by atoms with E-state index in [9.17, 15) is 4.79 Å². The summed E-state index contributed by atoms with van der Waals surface area (Å²) < 4.78 is 0. The molecule has 1 aliphatic rings. The van der Waals surface area contributed by atoms with Crippen LogP contribution in [0.25, 0.3) is 0 Å². The molecule has 21 heavy (non-hydrogen) atoms. The molecule has 4 heteroatoms. The topological polar surface area (TPSA) is 58.4 Å². The van der Waals surface area contributed by atoms with Crippen molar-refractivity contribution in [1.29, 1.82) is 0 Å².